The van der Waals surface area contributed by atoms with E-state index in [0.29, 0.717) is 45.7 Å². The number of aromatic nitrogens is 1. The van der Waals surface area contributed by atoms with E-state index < -0.39 is 5.97 Å². The van der Waals surface area contributed by atoms with Crippen LogP contribution in [0.5, 0.6) is 0 Å². The first kappa shape index (κ1) is 26.2. The lowest BCUT2D eigenvalue weighted by molar-refractivity contribution is -0.137. The molecule has 8 nitrogen and oxygen atoms in total. The Balaban J connectivity index is 1.98. The molecule has 1 aliphatic heterocycles. The highest BCUT2D eigenvalue weighted by atomic mass is 32.2. The fourth-order valence-electron chi connectivity index (χ4n) is 3.84. The van der Waals surface area contributed by atoms with Crippen LogP contribution in [0.4, 0.5) is 5.82 Å². The zero-order valence-electron chi connectivity index (χ0n) is 19.5. The number of benzene rings is 1. The van der Waals surface area contributed by atoms with Gasteiger partial charge in [-0.25, -0.2) is 0 Å². The highest BCUT2D eigenvalue weighted by Crippen LogP contribution is 2.35. The van der Waals surface area contributed by atoms with E-state index in [-0.39, 0.29) is 30.0 Å². The van der Waals surface area contributed by atoms with Crippen LogP contribution < -0.4 is 10.9 Å². The number of carbonyl (C=O) groups is 2. The van der Waals surface area contributed by atoms with Crippen LogP contribution in [-0.2, 0) is 22.6 Å². The predicted octanol–water partition coefficient (Wildman–Crippen LogP) is 3.77. The quantitative estimate of drug-likeness (QED) is 0.367. The van der Waals surface area contributed by atoms with Crippen molar-refractivity contribution in [1.82, 2.24) is 9.47 Å². The minimum Gasteiger partial charge on any atom is -0.481 e. The van der Waals surface area contributed by atoms with Crippen LogP contribution in [0.15, 0.2) is 40.0 Å². The summed E-state index contributed by atoms with van der Waals surface area (Å²) in [5, 5.41) is 21.9. The molecule has 1 amide bonds. The maximum atomic E-state index is 13.0. The Kier molecular flexibility index (Phi) is 8.84. The van der Waals surface area contributed by atoms with Gasteiger partial charge in [0.2, 0.25) is 0 Å². The molecular formula is C25H26N4O4S2. The Morgan fingerprint density at radius 3 is 2.63 bits per heavy atom. The SMILES string of the molecule is CCn1c(NCCc2ccccc2)c(/C=C2/SC(=S)N(CCCC(=O)O)C2=O)c(C)c(C#N)c1=O. The molecule has 0 spiro atoms. The van der Waals surface area contributed by atoms with Crippen molar-refractivity contribution in [2.75, 3.05) is 18.4 Å². The Bertz CT molecular complexity index is 1280. The number of nitrogens with zero attached hydrogens (tertiary/aromatic N) is 3. The van der Waals surface area contributed by atoms with E-state index in [1.165, 1.54) is 9.47 Å². The van der Waals surface area contributed by atoms with Gasteiger partial charge in [-0.2, -0.15) is 5.26 Å². The molecule has 1 aromatic carbocycles. The summed E-state index contributed by atoms with van der Waals surface area (Å²) in [6, 6.07) is 11.9. The fourth-order valence-corrected chi connectivity index (χ4v) is 5.13. The second-order valence-corrected chi connectivity index (χ2v) is 9.59. The third-order valence-corrected chi connectivity index (χ3v) is 7.04. The molecule has 35 heavy (non-hydrogen) atoms. The monoisotopic (exact) mass is 510 g/mol. The molecule has 0 saturated carbocycles. The number of anilines is 1. The average molecular weight is 511 g/mol. The lowest BCUT2D eigenvalue weighted by atomic mass is 10.0. The van der Waals surface area contributed by atoms with Crippen molar-refractivity contribution < 1.29 is 14.7 Å². The molecule has 1 aliphatic rings. The molecular weight excluding hydrogens is 484 g/mol. The van der Waals surface area contributed by atoms with Crippen LogP contribution in [0.1, 0.15) is 42.0 Å². The van der Waals surface area contributed by atoms with Gasteiger partial charge in [0.15, 0.2) is 0 Å². The number of aliphatic carboxylic acids is 1. The molecule has 2 heterocycles. The van der Waals surface area contributed by atoms with Gasteiger partial charge in [0, 0.05) is 31.6 Å². The maximum Gasteiger partial charge on any atom is 0.303 e. The third kappa shape index (κ3) is 5.99. The molecule has 1 fully saturated rings. The van der Waals surface area contributed by atoms with Gasteiger partial charge in [-0.15, -0.1) is 0 Å². The molecule has 3 rings (SSSR count). The number of carboxylic acids is 1. The number of carboxylic acid groups (broad SMARTS) is 1. The van der Waals surface area contributed by atoms with Crippen molar-refractivity contribution in [3.63, 3.8) is 0 Å². The minimum absolute atomic E-state index is 0.0312. The van der Waals surface area contributed by atoms with Crippen molar-refractivity contribution in [2.24, 2.45) is 0 Å². The molecule has 2 N–H and O–H groups in total. The smallest absolute Gasteiger partial charge is 0.303 e. The van der Waals surface area contributed by atoms with Crippen molar-refractivity contribution in [3.05, 3.63) is 67.8 Å². The van der Waals surface area contributed by atoms with Crippen LogP contribution in [0, 0.1) is 18.3 Å². The summed E-state index contributed by atoms with van der Waals surface area (Å²) in [5.74, 6) is -0.701. The molecule has 182 valence electrons. The molecule has 1 saturated heterocycles. The standard InChI is InChI=1S/C25H26N4O4S2/c1-3-28-22(27-12-11-17-8-5-4-6-9-17)18(16(2)19(15-26)23(28)32)14-20-24(33)29(25(34)35-20)13-7-10-21(30)31/h4-6,8-9,14,27H,3,7,10-13H2,1-2H3,(H,30,31)/b20-14+. The first-order chi connectivity index (χ1) is 16.8. The number of nitrogens with one attached hydrogen (secondary N) is 1. The summed E-state index contributed by atoms with van der Waals surface area (Å²) < 4.78 is 1.86. The van der Waals surface area contributed by atoms with E-state index in [1.54, 1.807) is 13.0 Å². The third-order valence-electron chi connectivity index (χ3n) is 5.66. The van der Waals surface area contributed by atoms with E-state index >= 15 is 0 Å². The molecule has 1 aromatic heterocycles. The first-order valence-corrected chi connectivity index (χ1v) is 12.4. The van der Waals surface area contributed by atoms with Gasteiger partial charge in [-0.05, 0) is 43.9 Å². The summed E-state index contributed by atoms with van der Waals surface area (Å²) in [7, 11) is 0. The summed E-state index contributed by atoms with van der Waals surface area (Å²) in [6.07, 6.45) is 2.63. The summed E-state index contributed by atoms with van der Waals surface area (Å²) >= 11 is 6.48. The van der Waals surface area contributed by atoms with Crippen LogP contribution in [-0.4, -0.2) is 43.9 Å². The van der Waals surface area contributed by atoms with E-state index in [9.17, 15) is 19.6 Å². The number of pyridine rings is 1. The van der Waals surface area contributed by atoms with Gasteiger partial charge in [0.05, 0.1) is 4.91 Å². The van der Waals surface area contributed by atoms with Gasteiger partial charge >= 0.3 is 5.97 Å². The van der Waals surface area contributed by atoms with Gasteiger partial charge in [0.1, 0.15) is 21.8 Å². The fraction of sp³-hybridized carbons (Fsp3) is 0.320. The van der Waals surface area contributed by atoms with Crippen molar-refractivity contribution in [3.8, 4) is 6.07 Å². The molecule has 0 radical (unpaired) electrons. The van der Waals surface area contributed by atoms with Gasteiger partial charge < -0.3 is 10.4 Å². The number of thiocarbonyl (C=S) groups is 1. The molecule has 0 unspecified atom stereocenters. The highest BCUT2D eigenvalue weighted by molar-refractivity contribution is 8.26. The molecule has 10 heteroatoms. The van der Waals surface area contributed by atoms with E-state index in [2.05, 4.69) is 5.32 Å². The number of amides is 1. The topological polar surface area (TPSA) is 115 Å². The zero-order valence-corrected chi connectivity index (χ0v) is 21.2. The normalized spacial score (nSPS) is 14.4. The van der Waals surface area contributed by atoms with Crippen LogP contribution >= 0.6 is 24.0 Å². The summed E-state index contributed by atoms with van der Waals surface area (Å²) in [4.78, 5) is 38.6. The number of hydrogen-bond donors (Lipinski definition) is 2. The maximum absolute atomic E-state index is 13.0. The lowest BCUT2D eigenvalue weighted by Gasteiger charge is -2.19. The molecule has 2 aromatic rings. The largest absolute Gasteiger partial charge is 0.481 e. The highest BCUT2D eigenvalue weighted by Gasteiger charge is 2.32. The summed E-state index contributed by atoms with van der Waals surface area (Å²) in [6.45, 7) is 4.63. The number of thioether (sulfide) groups is 1. The average Bonchev–Trinajstić information content (AvgIpc) is 3.09. The number of carbonyl (C=O) groups excluding carboxylic acids is 1. The molecule has 0 atom stereocenters. The van der Waals surface area contributed by atoms with E-state index in [0.717, 1.165) is 23.7 Å². The minimum atomic E-state index is -0.932. The lowest BCUT2D eigenvalue weighted by Crippen LogP contribution is -2.29. The van der Waals surface area contributed by atoms with Gasteiger partial charge in [-0.3, -0.25) is 23.9 Å². The Morgan fingerprint density at radius 1 is 1.29 bits per heavy atom. The summed E-state index contributed by atoms with van der Waals surface area (Å²) in [5.41, 5.74) is 1.86. The van der Waals surface area contributed by atoms with Crippen LogP contribution in [0.3, 0.4) is 0 Å². The van der Waals surface area contributed by atoms with Crippen molar-refractivity contribution in [1.29, 1.82) is 5.26 Å². The number of nitriles is 1. The van der Waals surface area contributed by atoms with Gasteiger partial charge in [-0.1, -0.05) is 54.3 Å². The van der Waals surface area contributed by atoms with Crippen LogP contribution in [0.2, 0.25) is 0 Å². The van der Waals surface area contributed by atoms with Crippen molar-refractivity contribution in [2.45, 2.75) is 39.7 Å². The van der Waals surface area contributed by atoms with E-state index in [4.69, 9.17) is 17.3 Å². The predicted molar refractivity (Wildman–Crippen MR) is 141 cm³/mol. The Hall–Kier alpha value is -3.42. The molecule has 0 bridgehead atoms. The first-order valence-electron chi connectivity index (χ1n) is 11.2. The van der Waals surface area contributed by atoms with Crippen molar-refractivity contribution >= 4 is 52.1 Å². The number of hydrogen-bond acceptors (Lipinski definition) is 7. The number of rotatable bonds is 10. The zero-order chi connectivity index (χ0) is 25.5. The second kappa shape index (κ2) is 11.8. The Labute approximate surface area is 213 Å². The van der Waals surface area contributed by atoms with Crippen LogP contribution in [0.25, 0.3) is 6.08 Å². The Morgan fingerprint density at radius 2 is 2.00 bits per heavy atom. The molecule has 0 aliphatic carbocycles. The van der Waals surface area contributed by atoms with E-state index in [1.807, 2.05) is 43.3 Å². The second-order valence-electron chi connectivity index (χ2n) is 7.92. The van der Waals surface area contributed by atoms with Gasteiger partial charge in [0.25, 0.3) is 11.5 Å².